The number of hydrogen-bond acceptors (Lipinski definition) is 2. The molecule has 3 rings (SSSR count). The fraction of sp³-hybridized carbons (Fsp3) is 0.667. The van der Waals surface area contributed by atoms with Crippen molar-refractivity contribution >= 4 is 10.9 Å². The fourth-order valence-electron chi connectivity index (χ4n) is 5.47. The summed E-state index contributed by atoms with van der Waals surface area (Å²) in [5, 5.41) is 1.39. The molecule has 3 heteroatoms. The maximum atomic E-state index is 5.97. The van der Waals surface area contributed by atoms with Crippen molar-refractivity contribution in [3.8, 4) is 0 Å². The van der Waals surface area contributed by atoms with Crippen molar-refractivity contribution < 1.29 is 9.47 Å². The SMILES string of the molecule is COC1CC(CC(C)c2cn(C)c3ccccc23)CC(OC)C1C(C)(C)C. The maximum absolute atomic E-state index is 5.97. The summed E-state index contributed by atoms with van der Waals surface area (Å²) in [7, 11) is 5.88. The predicted molar refractivity (Wildman–Crippen MR) is 113 cm³/mol. The highest BCUT2D eigenvalue weighted by Crippen LogP contribution is 2.45. The van der Waals surface area contributed by atoms with Crippen LogP contribution in [0.1, 0.15) is 58.4 Å². The summed E-state index contributed by atoms with van der Waals surface area (Å²) in [6, 6.07) is 8.74. The van der Waals surface area contributed by atoms with E-state index in [1.54, 1.807) is 0 Å². The van der Waals surface area contributed by atoms with Gasteiger partial charge in [0.2, 0.25) is 0 Å². The zero-order valence-electron chi connectivity index (χ0n) is 18.2. The minimum absolute atomic E-state index is 0.188. The smallest absolute Gasteiger partial charge is 0.0631 e. The minimum Gasteiger partial charge on any atom is -0.381 e. The first-order valence-corrected chi connectivity index (χ1v) is 10.4. The van der Waals surface area contributed by atoms with Crippen molar-refractivity contribution in [3.63, 3.8) is 0 Å². The molecule has 1 aromatic heterocycles. The van der Waals surface area contributed by atoms with E-state index in [4.69, 9.17) is 9.47 Å². The van der Waals surface area contributed by atoms with Crippen LogP contribution in [0.4, 0.5) is 0 Å². The highest BCUT2D eigenvalue weighted by molar-refractivity contribution is 5.84. The molecule has 0 radical (unpaired) electrons. The van der Waals surface area contributed by atoms with Gasteiger partial charge in [0.05, 0.1) is 12.2 Å². The summed E-state index contributed by atoms with van der Waals surface area (Å²) in [6.07, 6.45) is 6.31. The van der Waals surface area contributed by atoms with Crippen LogP contribution in [0.25, 0.3) is 10.9 Å². The second-order valence-corrected chi connectivity index (χ2v) is 9.63. The molecule has 0 saturated heterocycles. The summed E-state index contributed by atoms with van der Waals surface area (Å²) in [4.78, 5) is 0. The molecule has 1 aliphatic carbocycles. The van der Waals surface area contributed by atoms with E-state index >= 15 is 0 Å². The Morgan fingerprint density at radius 1 is 1.07 bits per heavy atom. The lowest BCUT2D eigenvalue weighted by molar-refractivity contribution is -0.119. The second kappa shape index (κ2) is 7.97. The number of fused-ring (bicyclic) bond motifs is 1. The first-order chi connectivity index (χ1) is 12.8. The highest BCUT2D eigenvalue weighted by atomic mass is 16.5. The number of hydrogen-bond donors (Lipinski definition) is 0. The first-order valence-electron chi connectivity index (χ1n) is 10.4. The van der Waals surface area contributed by atoms with Gasteiger partial charge in [-0.25, -0.2) is 0 Å². The van der Waals surface area contributed by atoms with Gasteiger partial charge in [0.1, 0.15) is 0 Å². The van der Waals surface area contributed by atoms with Crippen LogP contribution in [0.3, 0.4) is 0 Å². The van der Waals surface area contributed by atoms with Gasteiger partial charge in [-0.3, -0.25) is 0 Å². The molecule has 2 aromatic rings. The summed E-state index contributed by atoms with van der Waals surface area (Å²) >= 11 is 0. The molecule has 3 nitrogen and oxygen atoms in total. The van der Waals surface area contributed by atoms with Gasteiger partial charge in [-0.2, -0.15) is 0 Å². The van der Waals surface area contributed by atoms with Gasteiger partial charge in [0, 0.05) is 44.3 Å². The van der Waals surface area contributed by atoms with E-state index in [1.165, 1.54) is 22.9 Å². The molecule has 0 spiro atoms. The topological polar surface area (TPSA) is 23.4 Å². The van der Waals surface area contributed by atoms with Crippen molar-refractivity contribution in [2.75, 3.05) is 14.2 Å². The first kappa shape index (κ1) is 20.4. The van der Waals surface area contributed by atoms with Crippen LogP contribution in [-0.2, 0) is 16.5 Å². The average molecular weight is 372 g/mol. The summed E-state index contributed by atoms with van der Waals surface area (Å²) in [6.45, 7) is 9.32. The Labute approximate surface area is 165 Å². The number of benzene rings is 1. The standard InChI is InChI=1S/C24H37NO2/c1-16(19-15-25(5)20-11-9-8-10-18(19)20)12-17-13-21(26-6)23(24(2,3)4)22(14-17)27-7/h8-11,15-17,21-23H,12-14H2,1-7H3. The van der Waals surface area contributed by atoms with Gasteiger partial charge in [-0.15, -0.1) is 0 Å². The Bertz CT molecular complexity index is 743. The lowest BCUT2D eigenvalue weighted by Gasteiger charge is -2.47. The number of rotatable bonds is 5. The highest BCUT2D eigenvalue weighted by Gasteiger charge is 2.44. The van der Waals surface area contributed by atoms with Crippen molar-refractivity contribution in [1.82, 2.24) is 4.57 Å². The Kier molecular flexibility index (Phi) is 6.02. The lowest BCUT2D eigenvalue weighted by atomic mass is 9.65. The average Bonchev–Trinajstić information content (AvgIpc) is 2.97. The quantitative estimate of drug-likeness (QED) is 0.665. The molecule has 27 heavy (non-hydrogen) atoms. The zero-order chi connectivity index (χ0) is 19.8. The molecule has 1 aliphatic rings. The molecule has 0 bridgehead atoms. The number of nitrogens with zero attached hydrogens (tertiary/aromatic N) is 1. The van der Waals surface area contributed by atoms with E-state index in [2.05, 4.69) is 69.8 Å². The predicted octanol–water partition coefficient (Wildman–Crippen LogP) is 5.77. The largest absolute Gasteiger partial charge is 0.381 e. The van der Waals surface area contributed by atoms with Crippen molar-refractivity contribution in [1.29, 1.82) is 0 Å². The minimum atomic E-state index is 0.188. The molecular formula is C24H37NO2. The molecule has 0 amide bonds. The van der Waals surface area contributed by atoms with Crippen LogP contribution in [-0.4, -0.2) is 31.0 Å². The van der Waals surface area contributed by atoms with E-state index < -0.39 is 0 Å². The normalized spacial score (nSPS) is 27.8. The maximum Gasteiger partial charge on any atom is 0.0631 e. The van der Waals surface area contributed by atoms with Gasteiger partial charge >= 0.3 is 0 Å². The van der Waals surface area contributed by atoms with Crippen LogP contribution in [0.15, 0.2) is 30.5 Å². The van der Waals surface area contributed by atoms with Gasteiger partial charge in [-0.05, 0) is 48.1 Å². The van der Waals surface area contributed by atoms with E-state index in [0.29, 0.717) is 17.8 Å². The van der Waals surface area contributed by atoms with Gasteiger partial charge in [-0.1, -0.05) is 45.9 Å². The Hall–Kier alpha value is -1.32. The lowest BCUT2D eigenvalue weighted by Crippen LogP contribution is -2.48. The van der Waals surface area contributed by atoms with Crippen LogP contribution in [0, 0.1) is 17.3 Å². The van der Waals surface area contributed by atoms with E-state index in [0.717, 1.165) is 12.8 Å². The van der Waals surface area contributed by atoms with Crippen LogP contribution in [0.2, 0.25) is 0 Å². The monoisotopic (exact) mass is 371 g/mol. The number of methoxy groups -OCH3 is 2. The third-order valence-corrected chi connectivity index (χ3v) is 6.68. The Morgan fingerprint density at radius 3 is 2.22 bits per heavy atom. The summed E-state index contributed by atoms with van der Waals surface area (Å²) < 4.78 is 14.2. The van der Waals surface area contributed by atoms with Crippen LogP contribution >= 0.6 is 0 Å². The summed E-state index contributed by atoms with van der Waals surface area (Å²) in [5.74, 6) is 1.60. The molecule has 0 aliphatic heterocycles. The van der Waals surface area contributed by atoms with Crippen molar-refractivity contribution in [3.05, 3.63) is 36.0 Å². The molecule has 3 atom stereocenters. The molecule has 3 unspecified atom stereocenters. The summed E-state index contributed by atoms with van der Waals surface area (Å²) in [5.41, 5.74) is 2.97. The van der Waals surface area contributed by atoms with Crippen molar-refractivity contribution in [2.45, 2.75) is 65.1 Å². The van der Waals surface area contributed by atoms with E-state index in [-0.39, 0.29) is 17.6 Å². The molecule has 1 saturated carbocycles. The number of aryl methyl sites for hydroxylation is 1. The van der Waals surface area contributed by atoms with Crippen LogP contribution in [0.5, 0.6) is 0 Å². The molecule has 1 aromatic carbocycles. The molecule has 1 fully saturated rings. The molecule has 150 valence electrons. The number of aromatic nitrogens is 1. The Balaban J connectivity index is 1.79. The molecular weight excluding hydrogens is 334 g/mol. The number of ether oxygens (including phenoxy) is 2. The van der Waals surface area contributed by atoms with Gasteiger partial charge in [0.15, 0.2) is 0 Å². The third kappa shape index (κ3) is 4.09. The third-order valence-electron chi connectivity index (χ3n) is 6.68. The van der Waals surface area contributed by atoms with Gasteiger partial charge < -0.3 is 14.0 Å². The van der Waals surface area contributed by atoms with Crippen LogP contribution < -0.4 is 0 Å². The van der Waals surface area contributed by atoms with E-state index in [1.807, 2.05) is 14.2 Å². The Morgan fingerprint density at radius 2 is 1.67 bits per heavy atom. The fourth-order valence-corrected chi connectivity index (χ4v) is 5.47. The van der Waals surface area contributed by atoms with Crippen molar-refractivity contribution in [2.24, 2.45) is 24.3 Å². The number of para-hydroxylation sites is 1. The molecule has 0 N–H and O–H groups in total. The van der Waals surface area contributed by atoms with Gasteiger partial charge in [0.25, 0.3) is 0 Å². The zero-order valence-corrected chi connectivity index (χ0v) is 18.2. The second-order valence-electron chi connectivity index (χ2n) is 9.63. The van der Waals surface area contributed by atoms with E-state index in [9.17, 15) is 0 Å². The molecule has 1 heterocycles.